The van der Waals surface area contributed by atoms with E-state index in [-0.39, 0.29) is 11.7 Å². The van der Waals surface area contributed by atoms with E-state index in [9.17, 15) is 9.59 Å². The molecule has 0 unspecified atom stereocenters. The van der Waals surface area contributed by atoms with Crippen molar-refractivity contribution in [3.63, 3.8) is 0 Å². The van der Waals surface area contributed by atoms with Crippen LogP contribution in [0, 0.1) is 0 Å². The van der Waals surface area contributed by atoms with Crippen molar-refractivity contribution in [2.24, 2.45) is 0 Å². The van der Waals surface area contributed by atoms with Crippen LogP contribution in [0.4, 0.5) is 5.13 Å². The number of fused-ring (bicyclic) bond motifs is 1. The van der Waals surface area contributed by atoms with Crippen molar-refractivity contribution in [2.75, 3.05) is 11.9 Å². The first-order chi connectivity index (χ1) is 13.6. The summed E-state index contributed by atoms with van der Waals surface area (Å²) in [5.74, 6) is -0.302. The molecule has 0 spiro atoms. The summed E-state index contributed by atoms with van der Waals surface area (Å²) in [6.45, 7) is 2.06. The minimum atomic E-state index is -0.421. The van der Waals surface area contributed by atoms with Crippen LogP contribution in [0.5, 0.6) is 0 Å². The van der Waals surface area contributed by atoms with E-state index in [1.165, 1.54) is 11.3 Å². The van der Waals surface area contributed by atoms with Crippen molar-refractivity contribution in [3.05, 3.63) is 65.9 Å². The zero-order valence-electron chi connectivity index (χ0n) is 14.8. The van der Waals surface area contributed by atoms with E-state index >= 15 is 0 Å². The SMILES string of the molecule is CCOC(=O)c1ccc2nc(NC(=O)c3cc(-c4ccccc4)on3)sc2c1. The smallest absolute Gasteiger partial charge is 0.338 e. The number of esters is 1. The number of hydrogen-bond donors (Lipinski definition) is 1. The van der Waals surface area contributed by atoms with Gasteiger partial charge in [0.2, 0.25) is 0 Å². The number of ether oxygens (including phenoxy) is 1. The van der Waals surface area contributed by atoms with Crippen LogP contribution in [0.15, 0.2) is 59.1 Å². The van der Waals surface area contributed by atoms with Gasteiger partial charge in [0.25, 0.3) is 5.91 Å². The number of amides is 1. The highest BCUT2D eigenvalue weighted by molar-refractivity contribution is 7.22. The maximum atomic E-state index is 12.5. The van der Waals surface area contributed by atoms with Crippen molar-refractivity contribution in [2.45, 2.75) is 6.92 Å². The van der Waals surface area contributed by atoms with Gasteiger partial charge in [0, 0.05) is 11.6 Å². The molecule has 7 nitrogen and oxygen atoms in total. The number of thiazole rings is 1. The highest BCUT2D eigenvalue weighted by Gasteiger charge is 2.16. The highest BCUT2D eigenvalue weighted by Crippen LogP contribution is 2.28. The lowest BCUT2D eigenvalue weighted by Crippen LogP contribution is -2.11. The maximum Gasteiger partial charge on any atom is 0.338 e. The molecular weight excluding hydrogens is 378 g/mol. The van der Waals surface area contributed by atoms with Crippen molar-refractivity contribution in [1.29, 1.82) is 0 Å². The lowest BCUT2D eigenvalue weighted by atomic mass is 10.1. The second kappa shape index (κ2) is 7.61. The number of carbonyl (C=O) groups is 2. The summed E-state index contributed by atoms with van der Waals surface area (Å²) in [6.07, 6.45) is 0. The van der Waals surface area contributed by atoms with Crippen LogP contribution in [0.3, 0.4) is 0 Å². The van der Waals surface area contributed by atoms with Crippen LogP contribution in [-0.4, -0.2) is 28.6 Å². The molecule has 0 saturated heterocycles. The Labute approximate surface area is 163 Å². The Hall–Kier alpha value is -3.52. The number of aromatic nitrogens is 2. The van der Waals surface area contributed by atoms with Gasteiger partial charge in [-0.15, -0.1) is 0 Å². The third kappa shape index (κ3) is 3.63. The first-order valence-electron chi connectivity index (χ1n) is 8.55. The molecule has 0 fully saturated rings. The van der Waals surface area contributed by atoms with Gasteiger partial charge in [-0.25, -0.2) is 9.78 Å². The van der Waals surface area contributed by atoms with E-state index in [1.54, 1.807) is 31.2 Å². The van der Waals surface area contributed by atoms with Gasteiger partial charge in [0.1, 0.15) is 0 Å². The van der Waals surface area contributed by atoms with Crippen LogP contribution in [0.25, 0.3) is 21.5 Å². The summed E-state index contributed by atoms with van der Waals surface area (Å²) in [5.41, 5.74) is 2.12. The Morgan fingerprint density at radius 3 is 2.75 bits per heavy atom. The molecule has 0 aliphatic carbocycles. The molecule has 1 amide bonds. The highest BCUT2D eigenvalue weighted by atomic mass is 32.1. The van der Waals surface area contributed by atoms with Crippen molar-refractivity contribution in [3.8, 4) is 11.3 Å². The first kappa shape index (κ1) is 17.9. The first-order valence-corrected chi connectivity index (χ1v) is 9.37. The molecular formula is C20H15N3O4S. The standard InChI is InChI=1S/C20H15N3O4S/c1-2-26-19(25)13-8-9-14-17(10-13)28-20(21-14)22-18(24)15-11-16(27-23-15)12-6-4-3-5-7-12/h3-11H,2H2,1H3,(H,21,22,24). The lowest BCUT2D eigenvalue weighted by Gasteiger charge is -2.00. The topological polar surface area (TPSA) is 94.3 Å². The van der Waals surface area contributed by atoms with Gasteiger partial charge >= 0.3 is 5.97 Å². The molecule has 2 aromatic carbocycles. The molecule has 0 bridgehead atoms. The largest absolute Gasteiger partial charge is 0.462 e. The quantitative estimate of drug-likeness (QED) is 0.506. The third-order valence-electron chi connectivity index (χ3n) is 3.92. The number of benzene rings is 2. The second-order valence-corrected chi connectivity index (χ2v) is 6.85. The summed E-state index contributed by atoms with van der Waals surface area (Å²) >= 11 is 1.26. The van der Waals surface area contributed by atoms with E-state index in [2.05, 4.69) is 15.5 Å². The number of hydrogen-bond acceptors (Lipinski definition) is 7. The summed E-state index contributed by atoms with van der Waals surface area (Å²) in [4.78, 5) is 28.7. The summed E-state index contributed by atoms with van der Waals surface area (Å²) < 4.78 is 11.0. The van der Waals surface area contributed by atoms with Crippen molar-refractivity contribution < 1.29 is 18.8 Å². The summed E-state index contributed by atoms with van der Waals surface area (Å²) in [7, 11) is 0. The van der Waals surface area contributed by atoms with Gasteiger partial charge in [-0.2, -0.15) is 0 Å². The molecule has 8 heteroatoms. The Kier molecular flexibility index (Phi) is 4.86. The molecule has 0 aliphatic heterocycles. The monoisotopic (exact) mass is 393 g/mol. The third-order valence-corrected chi connectivity index (χ3v) is 4.85. The zero-order chi connectivity index (χ0) is 19.5. The predicted molar refractivity (Wildman–Crippen MR) is 105 cm³/mol. The fourth-order valence-corrected chi connectivity index (χ4v) is 3.50. The molecule has 0 atom stereocenters. The molecule has 0 aliphatic rings. The Morgan fingerprint density at radius 1 is 1.14 bits per heavy atom. The minimum absolute atomic E-state index is 0.158. The second-order valence-electron chi connectivity index (χ2n) is 5.82. The Bertz CT molecular complexity index is 1150. The number of anilines is 1. The van der Waals surface area contributed by atoms with Crippen LogP contribution >= 0.6 is 11.3 Å². The van der Waals surface area contributed by atoms with Gasteiger partial charge < -0.3 is 9.26 Å². The van der Waals surface area contributed by atoms with Crippen LogP contribution in [0.1, 0.15) is 27.8 Å². The lowest BCUT2D eigenvalue weighted by molar-refractivity contribution is 0.0526. The molecule has 2 heterocycles. The maximum absolute atomic E-state index is 12.5. The van der Waals surface area contributed by atoms with E-state index in [0.29, 0.717) is 28.6 Å². The van der Waals surface area contributed by atoms with Gasteiger partial charge in [-0.05, 0) is 25.1 Å². The van der Waals surface area contributed by atoms with Crippen molar-refractivity contribution in [1.82, 2.24) is 10.1 Å². The average molecular weight is 393 g/mol. The minimum Gasteiger partial charge on any atom is -0.462 e. The van der Waals surface area contributed by atoms with Crippen LogP contribution in [-0.2, 0) is 4.74 Å². The molecule has 4 aromatic rings. The van der Waals surface area contributed by atoms with E-state index in [4.69, 9.17) is 9.26 Å². The molecule has 0 saturated carbocycles. The van der Waals surface area contributed by atoms with Gasteiger partial charge in [-0.1, -0.05) is 46.8 Å². The van der Waals surface area contributed by atoms with Crippen LogP contribution in [0.2, 0.25) is 0 Å². The molecule has 28 heavy (non-hydrogen) atoms. The van der Waals surface area contributed by atoms with Gasteiger partial charge in [-0.3, -0.25) is 10.1 Å². The zero-order valence-corrected chi connectivity index (χ0v) is 15.7. The van der Waals surface area contributed by atoms with E-state index in [1.807, 2.05) is 30.3 Å². The molecule has 0 radical (unpaired) electrons. The number of nitrogens with one attached hydrogen (secondary N) is 1. The fraction of sp³-hybridized carbons (Fsp3) is 0.100. The summed E-state index contributed by atoms with van der Waals surface area (Å²) in [5, 5.41) is 6.95. The summed E-state index contributed by atoms with van der Waals surface area (Å²) in [6, 6.07) is 16.0. The molecule has 2 aromatic heterocycles. The number of carbonyl (C=O) groups excluding carboxylic acids is 2. The Balaban J connectivity index is 1.52. The Morgan fingerprint density at radius 2 is 1.96 bits per heavy atom. The predicted octanol–water partition coefficient (Wildman–Crippen LogP) is 4.38. The van der Waals surface area contributed by atoms with E-state index in [0.717, 1.165) is 10.3 Å². The number of rotatable bonds is 5. The molecule has 140 valence electrons. The van der Waals surface area contributed by atoms with Gasteiger partial charge in [0.05, 0.1) is 22.4 Å². The van der Waals surface area contributed by atoms with Crippen molar-refractivity contribution >= 4 is 38.6 Å². The van der Waals surface area contributed by atoms with Gasteiger partial charge in [0.15, 0.2) is 16.6 Å². The normalized spacial score (nSPS) is 10.8. The van der Waals surface area contributed by atoms with Crippen LogP contribution < -0.4 is 5.32 Å². The molecule has 1 N–H and O–H groups in total. The fourth-order valence-electron chi connectivity index (χ4n) is 2.60. The average Bonchev–Trinajstić information content (AvgIpc) is 3.35. The van der Waals surface area contributed by atoms with E-state index < -0.39 is 5.91 Å². The molecule has 4 rings (SSSR count). The number of nitrogens with zero attached hydrogens (tertiary/aromatic N) is 2.